The third kappa shape index (κ3) is 11.4. The van der Waals surface area contributed by atoms with E-state index >= 15 is 0 Å². The molecule has 0 aliphatic rings. The number of benzene rings is 1. The first-order valence-electron chi connectivity index (χ1n) is 9.98. The Morgan fingerprint density at radius 2 is 1.64 bits per heavy atom. The van der Waals surface area contributed by atoms with Gasteiger partial charge in [0.1, 0.15) is 17.0 Å². The SMILES string of the molecule is CC(C)(C)OC(=O)NC(=N)N(OCCCOc1cc(Cl)cc(C(=O)O)c1)C(=O)OC(C)(C)C. The number of nitrogens with zero attached hydrogens (tertiary/aromatic N) is 1. The van der Waals surface area contributed by atoms with Crippen LogP contribution >= 0.6 is 11.6 Å². The maximum Gasteiger partial charge on any atom is 0.442 e. The number of amides is 2. The van der Waals surface area contributed by atoms with Crippen molar-refractivity contribution >= 4 is 35.7 Å². The molecule has 2 amide bonds. The summed E-state index contributed by atoms with van der Waals surface area (Å²) < 4.78 is 15.8. The molecule has 0 radical (unpaired) electrons. The van der Waals surface area contributed by atoms with Crippen LogP contribution in [0.2, 0.25) is 5.02 Å². The van der Waals surface area contributed by atoms with Crippen LogP contribution in [0.25, 0.3) is 0 Å². The van der Waals surface area contributed by atoms with Crippen molar-refractivity contribution in [2.45, 2.75) is 59.2 Å². The number of guanidine groups is 1. The molecule has 0 spiro atoms. The number of halogens is 1. The predicted octanol–water partition coefficient (Wildman–Crippen LogP) is 4.44. The molecule has 0 bridgehead atoms. The molecular weight excluding hydrogens is 458 g/mol. The van der Waals surface area contributed by atoms with E-state index in [-0.39, 0.29) is 36.0 Å². The number of hydrogen-bond donors (Lipinski definition) is 3. The van der Waals surface area contributed by atoms with Crippen LogP contribution in [0.15, 0.2) is 18.2 Å². The fraction of sp³-hybridized carbons (Fsp3) is 0.524. The first-order valence-corrected chi connectivity index (χ1v) is 10.4. The predicted molar refractivity (Wildman–Crippen MR) is 120 cm³/mol. The molecule has 0 saturated carbocycles. The van der Waals surface area contributed by atoms with Crippen molar-refractivity contribution < 1.29 is 38.5 Å². The third-order valence-electron chi connectivity index (χ3n) is 3.28. The number of nitrogens with one attached hydrogen (secondary N) is 2. The minimum Gasteiger partial charge on any atom is -0.493 e. The van der Waals surface area contributed by atoms with Crippen molar-refractivity contribution in [3.8, 4) is 5.75 Å². The van der Waals surface area contributed by atoms with E-state index in [9.17, 15) is 14.4 Å². The molecule has 0 fully saturated rings. The normalized spacial score (nSPS) is 11.4. The van der Waals surface area contributed by atoms with Crippen LogP contribution in [0.5, 0.6) is 5.75 Å². The molecule has 184 valence electrons. The van der Waals surface area contributed by atoms with Gasteiger partial charge in [0.25, 0.3) is 0 Å². The molecule has 12 heteroatoms. The van der Waals surface area contributed by atoms with Gasteiger partial charge in [-0.15, -0.1) is 5.06 Å². The van der Waals surface area contributed by atoms with Crippen LogP contribution in [0.4, 0.5) is 9.59 Å². The van der Waals surface area contributed by atoms with E-state index in [0.29, 0.717) is 5.06 Å². The summed E-state index contributed by atoms with van der Waals surface area (Å²) >= 11 is 5.89. The fourth-order valence-electron chi connectivity index (χ4n) is 2.14. The summed E-state index contributed by atoms with van der Waals surface area (Å²) in [6.45, 7) is 9.86. The summed E-state index contributed by atoms with van der Waals surface area (Å²) in [6.07, 6.45) is -1.71. The van der Waals surface area contributed by atoms with Crippen molar-refractivity contribution in [3.63, 3.8) is 0 Å². The molecule has 0 saturated heterocycles. The van der Waals surface area contributed by atoms with Gasteiger partial charge in [0.15, 0.2) is 0 Å². The van der Waals surface area contributed by atoms with Crippen LogP contribution < -0.4 is 10.1 Å². The second-order valence-corrected chi connectivity index (χ2v) is 9.20. The van der Waals surface area contributed by atoms with Crippen molar-refractivity contribution in [1.29, 1.82) is 5.41 Å². The molecule has 11 nitrogen and oxygen atoms in total. The van der Waals surface area contributed by atoms with Crippen LogP contribution in [-0.4, -0.2) is 58.7 Å². The molecule has 0 aliphatic heterocycles. The first kappa shape index (κ1) is 28.0. The van der Waals surface area contributed by atoms with Gasteiger partial charge in [-0.05, 0) is 59.7 Å². The van der Waals surface area contributed by atoms with Gasteiger partial charge < -0.3 is 19.3 Å². The van der Waals surface area contributed by atoms with E-state index in [1.54, 1.807) is 41.5 Å². The maximum atomic E-state index is 12.4. The molecule has 0 aliphatic carbocycles. The standard InChI is InChI=1S/C21H30ClN3O8/c1-20(2,3)32-18(28)24-17(23)25(19(29)33-21(4,5)6)31-9-7-8-30-15-11-13(16(26)27)10-14(22)12-15/h10-12H,7-9H2,1-6H3,(H,26,27)(H2,23,24,28). The Morgan fingerprint density at radius 1 is 1.03 bits per heavy atom. The number of hydroxylamine groups is 2. The molecule has 3 N–H and O–H groups in total. The van der Waals surface area contributed by atoms with Gasteiger partial charge in [-0.3, -0.25) is 15.6 Å². The summed E-state index contributed by atoms with van der Waals surface area (Å²) in [5.74, 6) is -1.58. The fourth-order valence-corrected chi connectivity index (χ4v) is 2.36. The summed E-state index contributed by atoms with van der Waals surface area (Å²) in [7, 11) is 0. The number of carbonyl (C=O) groups excluding carboxylic acids is 2. The Labute approximate surface area is 197 Å². The number of hydrogen-bond acceptors (Lipinski definition) is 8. The van der Waals surface area contributed by atoms with Gasteiger partial charge in [0, 0.05) is 11.4 Å². The number of carbonyl (C=O) groups is 3. The van der Waals surface area contributed by atoms with Crippen molar-refractivity contribution in [2.24, 2.45) is 0 Å². The molecule has 1 aromatic rings. The Hall–Kier alpha value is -3.05. The van der Waals surface area contributed by atoms with Crippen molar-refractivity contribution in [2.75, 3.05) is 13.2 Å². The largest absolute Gasteiger partial charge is 0.493 e. The lowest BCUT2D eigenvalue weighted by molar-refractivity contribution is -0.104. The second-order valence-electron chi connectivity index (χ2n) is 8.77. The Kier molecular flexibility index (Phi) is 9.93. The van der Waals surface area contributed by atoms with Gasteiger partial charge in [-0.1, -0.05) is 11.6 Å². The van der Waals surface area contributed by atoms with Gasteiger partial charge in [0.05, 0.1) is 18.8 Å². The van der Waals surface area contributed by atoms with E-state index < -0.39 is 35.3 Å². The van der Waals surface area contributed by atoms with E-state index in [4.69, 9.17) is 41.2 Å². The summed E-state index contributed by atoms with van der Waals surface area (Å²) in [5, 5.41) is 19.9. The smallest absolute Gasteiger partial charge is 0.442 e. The summed E-state index contributed by atoms with van der Waals surface area (Å²) in [5.41, 5.74) is -1.70. The Morgan fingerprint density at radius 3 is 2.18 bits per heavy atom. The zero-order valence-corrected chi connectivity index (χ0v) is 20.2. The molecule has 0 atom stereocenters. The highest BCUT2D eigenvalue weighted by Crippen LogP contribution is 2.21. The van der Waals surface area contributed by atoms with E-state index in [1.807, 2.05) is 0 Å². The first-order chi connectivity index (χ1) is 15.1. The van der Waals surface area contributed by atoms with E-state index in [1.165, 1.54) is 18.2 Å². The molecule has 0 heterocycles. The van der Waals surface area contributed by atoms with Crippen LogP contribution in [-0.2, 0) is 14.3 Å². The van der Waals surface area contributed by atoms with E-state index in [0.717, 1.165) is 0 Å². The topological polar surface area (TPSA) is 147 Å². The number of carboxylic acids is 1. The van der Waals surface area contributed by atoms with Crippen LogP contribution in [0.3, 0.4) is 0 Å². The average Bonchev–Trinajstić information content (AvgIpc) is 2.60. The van der Waals surface area contributed by atoms with Crippen LogP contribution in [0.1, 0.15) is 58.3 Å². The zero-order chi connectivity index (χ0) is 25.4. The van der Waals surface area contributed by atoms with Gasteiger partial charge >= 0.3 is 18.2 Å². The molecule has 33 heavy (non-hydrogen) atoms. The third-order valence-corrected chi connectivity index (χ3v) is 3.50. The lowest BCUT2D eigenvalue weighted by atomic mass is 10.2. The number of aromatic carboxylic acids is 1. The number of rotatable bonds is 7. The summed E-state index contributed by atoms with van der Waals surface area (Å²) in [4.78, 5) is 40.8. The second kappa shape index (κ2) is 11.7. The van der Waals surface area contributed by atoms with Crippen molar-refractivity contribution in [1.82, 2.24) is 10.4 Å². The molecule has 0 aromatic heterocycles. The average molecular weight is 488 g/mol. The zero-order valence-electron chi connectivity index (χ0n) is 19.5. The molecular formula is C21H30ClN3O8. The van der Waals surface area contributed by atoms with Gasteiger partial charge in [-0.25, -0.2) is 14.4 Å². The maximum absolute atomic E-state index is 12.4. The minimum absolute atomic E-state index is 0.0217. The number of carboxylic acid groups (broad SMARTS) is 1. The lowest BCUT2D eigenvalue weighted by Gasteiger charge is -2.27. The quantitative estimate of drug-likeness (QED) is 0.221. The number of ether oxygens (including phenoxy) is 3. The minimum atomic E-state index is -1.14. The van der Waals surface area contributed by atoms with Crippen LogP contribution in [0, 0.1) is 5.41 Å². The lowest BCUT2D eigenvalue weighted by Crippen LogP contribution is -2.49. The molecule has 1 aromatic carbocycles. The molecule has 0 unspecified atom stereocenters. The highest BCUT2D eigenvalue weighted by atomic mass is 35.5. The summed E-state index contributed by atoms with van der Waals surface area (Å²) in [6, 6.07) is 4.08. The van der Waals surface area contributed by atoms with Crippen molar-refractivity contribution in [3.05, 3.63) is 28.8 Å². The highest BCUT2D eigenvalue weighted by Gasteiger charge is 2.28. The monoisotopic (exact) mass is 487 g/mol. The van der Waals surface area contributed by atoms with E-state index in [2.05, 4.69) is 5.32 Å². The molecule has 1 rings (SSSR count). The number of alkyl carbamates (subject to hydrolysis) is 1. The Bertz CT molecular complexity index is 877. The van der Waals surface area contributed by atoms with Gasteiger partial charge in [-0.2, -0.15) is 0 Å². The van der Waals surface area contributed by atoms with Gasteiger partial charge in [0.2, 0.25) is 5.96 Å². The highest BCUT2D eigenvalue weighted by molar-refractivity contribution is 6.31. The Balaban J connectivity index is 2.70.